The standard InChI is InChI=1S/C19H14Cl2FN3O/c20-14-10-15(21)16(22)9-13(14)19(26)23-18-12-7-4-8-17(12)24-25(18)11-5-2-1-3-6-11/h1-3,5-6,9-10H,4,7-8H2,(H,23,26). The lowest BCUT2D eigenvalue weighted by atomic mass is 10.2. The highest BCUT2D eigenvalue weighted by Gasteiger charge is 2.25. The van der Waals surface area contributed by atoms with Gasteiger partial charge in [0.25, 0.3) is 5.91 Å². The zero-order valence-corrected chi connectivity index (χ0v) is 15.1. The first kappa shape index (κ1) is 17.1. The van der Waals surface area contributed by atoms with Crippen molar-refractivity contribution in [1.82, 2.24) is 9.78 Å². The molecule has 4 rings (SSSR count). The van der Waals surface area contributed by atoms with Crippen LogP contribution in [0.3, 0.4) is 0 Å². The third-order valence-corrected chi connectivity index (χ3v) is 5.00. The van der Waals surface area contributed by atoms with Gasteiger partial charge in [0, 0.05) is 5.56 Å². The first-order valence-corrected chi connectivity index (χ1v) is 8.92. The summed E-state index contributed by atoms with van der Waals surface area (Å²) in [6, 6.07) is 11.8. The Morgan fingerprint density at radius 1 is 1.12 bits per heavy atom. The molecule has 0 aliphatic heterocycles. The number of fused-ring (bicyclic) bond motifs is 1. The lowest BCUT2D eigenvalue weighted by Crippen LogP contribution is -2.17. The lowest BCUT2D eigenvalue weighted by molar-refractivity contribution is 0.102. The zero-order valence-electron chi connectivity index (χ0n) is 13.6. The van der Waals surface area contributed by atoms with E-state index in [2.05, 4.69) is 10.4 Å². The van der Waals surface area contributed by atoms with E-state index in [9.17, 15) is 9.18 Å². The van der Waals surface area contributed by atoms with Gasteiger partial charge in [0.1, 0.15) is 11.6 Å². The Bertz CT molecular complexity index is 1000. The highest BCUT2D eigenvalue weighted by molar-refractivity contribution is 6.37. The number of carbonyl (C=O) groups is 1. The van der Waals surface area contributed by atoms with Crippen LogP contribution in [0.2, 0.25) is 10.0 Å². The van der Waals surface area contributed by atoms with Crippen LogP contribution >= 0.6 is 23.2 Å². The molecule has 0 spiro atoms. The Hall–Kier alpha value is -2.37. The molecule has 0 saturated carbocycles. The van der Waals surface area contributed by atoms with Crippen molar-refractivity contribution in [3.63, 3.8) is 0 Å². The summed E-state index contributed by atoms with van der Waals surface area (Å²) in [5.74, 6) is -0.597. The fourth-order valence-electron chi connectivity index (χ4n) is 3.15. The second-order valence-electron chi connectivity index (χ2n) is 6.08. The van der Waals surface area contributed by atoms with Crippen LogP contribution in [0.1, 0.15) is 28.0 Å². The molecular formula is C19H14Cl2FN3O. The molecule has 1 aromatic heterocycles. The number of benzene rings is 2. The number of nitrogens with one attached hydrogen (secondary N) is 1. The van der Waals surface area contributed by atoms with Crippen LogP contribution in [0.5, 0.6) is 0 Å². The van der Waals surface area contributed by atoms with Crippen LogP contribution < -0.4 is 5.32 Å². The molecule has 0 unspecified atom stereocenters. The number of rotatable bonds is 3. The van der Waals surface area contributed by atoms with Gasteiger partial charge in [0.05, 0.1) is 27.0 Å². The van der Waals surface area contributed by atoms with Gasteiger partial charge in [-0.25, -0.2) is 9.07 Å². The number of para-hydroxylation sites is 1. The van der Waals surface area contributed by atoms with Crippen molar-refractivity contribution in [2.45, 2.75) is 19.3 Å². The molecule has 3 aromatic rings. The fourth-order valence-corrected chi connectivity index (χ4v) is 3.62. The molecule has 0 saturated heterocycles. The van der Waals surface area contributed by atoms with Gasteiger partial charge in [-0.2, -0.15) is 5.10 Å². The van der Waals surface area contributed by atoms with Gasteiger partial charge < -0.3 is 5.32 Å². The SMILES string of the molecule is O=C(Nc1c2c(nn1-c1ccccc1)CCC2)c1cc(F)c(Cl)cc1Cl. The van der Waals surface area contributed by atoms with Crippen LogP contribution in [0.15, 0.2) is 42.5 Å². The maximum Gasteiger partial charge on any atom is 0.258 e. The summed E-state index contributed by atoms with van der Waals surface area (Å²) in [7, 11) is 0. The van der Waals surface area contributed by atoms with Crippen molar-refractivity contribution >= 4 is 34.9 Å². The van der Waals surface area contributed by atoms with Gasteiger partial charge in [-0.3, -0.25) is 4.79 Å². The predicted molar refractivity (Wildman–Crippen MR) is 100.0 cm³/mol. The molecule has 1 aliphatic rings. The van der Waals surface area contributed by atoms with Crippen molar-refractivity contribution in [2.24, 2.45) is 0 Å². The van der Waals surface area contributed by atoms with Crippen LogP contribution in [0, 0.1) is 5.82 Å². The average Bonchev–Trinajstić information content (AvgIpc) is 3.21. The van der Waals surface area contributed by atoms with Gasteiger partial charge in [-0.05, 0) is 43.5 Å². The zero-order chi connectivity index (χ0) is 18.3. The number of halogens is 3. The topological polar surface area (TPSA) is 46.9 Å². The van der Waals surface area contributed by atoms with E-state index in [1.807, 2.05) is 30.3 Å². The number of aryl methyl sites for hydroxylation is 1. The minimum absolute atomic E-state index is 0.0288. The molecule has 7 heteroatoms. The first-order chi connectivity index (χ1) is 12.5. The quantitative estimate of drug-likeness (QED) is 0.636. The van der Waals surface area contributed by atoms with Crippen molar-refractivity contribution in [3.8, 4) is 5.69 Å². The minimum atomic E-state index is -0.692. The Labute approximate surface area is 159 Å². The summed E-state index contributed by atoms with van der Waals surface area (Å²) in [6.07, 6.45) is 2.70. The van der Waals surface area contributed by atoms with E-state index < -0.39 is 11.7 Å². The highest BCUT2D eigenvalue weighted by Crippen LogP contribution is 2.32. The van der Waals surface area contributed by atoms with Gasteiger partial charge in [0.2, 0.25) is 0 Å². The summed E-state index contributed by atoms with van der Waals surface area (Å²) in [5, 5.41) is 7.47. The summed E-state index contributed by atoms with van der Waals surface area (Å²) in [5.41, 5.74) is 2.84. The normalized spacial score (nSPS) is 12.9. The Kier molecular flexibility index (Phi) is 4.42. The summed E-state index contributed by atoms with van der Waals surface area (Å²) in [6.45, 7) is 0. The molecule has 1 heterocycles. The van der Waals surface area contributed by atoms with Crippen LogP contribution in [0.25, 0.3) is 5.69 Å². The van der Waals surface area contributed by atoms with E-state index in [-0.39, 0.29) is 15.6 Å². The molecule has 26 heavy (non-hydrogen) atoms. The van der Waals surface area contributed by atoms with E-state index in [0.717, 1.165) is 42.3 Å². The number of anilines is 1. The molecule has 132 valence electrons. The number of carbonyl (C=O) groups excluding carboxylic acids is 1. The number of hydrogen-bond acceptors (Lipinski definition) is 2. The number of amides is 1. The van der Waals surface area contributed by atoms with Gasteiger partial charge in [0.15, 0.2) is 0 Å². The number of hydrogen-bond donors (Lipinski definition) is 1. The minimum Gasteiger partial charge on any atom is -0.306 e. The van der Waals surface area contributed by atoms with Gasteiger partial charge in [-0.1, -0.05) is 41.4 Å². The summed E-state index contributed by atoms with van der Waals surface area (Å²) in [4.78, 5) is 12.7. The lowest BCUT2D eigenvalue weighted by Gasteiger charge is -2.12. The molecule has 1 amide bonds. The summed E-state index contributed by atoms with van der Waals surface area (Å²) < 4.78 is 15.5. The van der Waals surface area contributed by atoms with E-state index in [1.54, 1.807) is 4.68 Å². The van der Waals surface area contributed by atoms with Crippen LogP contribution in [0.4, 0.5) is 10.2 Å². The molecule has 0 atom stereocenters. The van der Waals surface area contributed by atoms with Gasteiger partial charge in [-0.15, -0.1) is 0 Å². The van der Waals surface area contributed by atoms with Crippen LogP contribution in [-0.2, 0) is 12.8 Å². The number of nitrogens with zero attached hydrogens (tertiary/aromatic N) is 2. The Morgan fingerprint density at radius 3 is 2.65 bits per heavy atom. The molecule has 2 aromatic carbocycles. The van der Waals surface area contributed by atoms with E-state index in [0.29, 0.717) is 5.82 Å². The average molecular weight is 390 g/mol. The smallest absolute Gasteiger partial charge is 0.258 e. The molecule has 0 bridgehead atoms. The van der Waals surface area contributed by atoms with E-state index in [4.69, 9.17) is 23.2 Å². The third-order valence-electron chi connectivity index (χ3n) is 4.39. The Morgan fingerprint density at radius 2 is 1.88 bits per heavy atom. The largest absolute Gasteiger partial charge is 0.306 e. The monoisotopic (exact) mass is 389 g/mol. The number of aromatic nitrogens is 2. The van der Waals surface area contributed by atoms with Crippen molar-refractivity contribution in [2.75, 3.05) is 5.32 Å². The maximum absolute atomic E-state index is 13.8. The van der Waals surface area contributed by atoms with E-state index >= 15 is 0 Å². The van der Waals surface area contributed by atoms with E-state index in [1.165, 1.54) is 6.07 Å². The maximum atomic E-state index is 13.8. The van der Waals surface area contributed by atoms with Crippen molar-refractivity contribution < 1.29 is 9.18 Å². The fraction of sp³-hybridized carbons (Fsp3) is 0.158. The first-order valence-electron chi connectivity index (χ1n) is 8.16. The third kappa shape index (κ3) is 2.97. The molecule has 4 nitrogen and oxygen atoms in total. The summed E-state index contributed by atoms with van der Waals surface area (Å²) >= 11 is 11.8. The highest BCUT2D eigenvalue weighted by atomic mass is 35.5. The van der Waals surface area contributed by atoms with Crippen LogP contribution in [-0.4, -0.2) is 15.7 Å². The molecule has 0 fully saturated rings. The molecular weight excluding hydrogens is 376 g/mol. The van der Waals surface area contributed by atoms with Crippen molar-refractivity contribution in [3.05, 3.63) is 75.1 Å². The molecule has 1 N–H and O–H groups in total. The Balaban J connectivity index is 1.75. The van der Waals surface area contributed by atoms with Crippen molar-refractivity contribution in [1.29, 1.82) is 0 Å². The second kappa shape index (κ2) is 6.74. The molecule has 1 aliphatic carbocycles. The molecule has 0 radical (unpaired) electrons. The predicted octanol–water partition coefficient (Wildman–Crippen LogP) is 5.06. The van der Waals surface area contributed by atoms with Gasteiger partial charge >= 0.3 is 0 Å². The second-order valence-corrected chi connectivity index (χ2v) is 6.89.